The molecule has 0 fully saturated rings. The van der Waals surface area contributed by atoms with Crippen LogP contribution in [0.15, 0.2) is 48.5 Å². The summed E-state index contributed by atoms with van der Waals surface area (Å²) in [6.07, 6.45) is 3.97. The van der Waals surface area contributed by atoms with E-state index in [1.165, 1.54) is 0 Å². The Labute approximate surface area is 165 Å². The molecule has 0 radical (unpaired) electrons. The molecular weight excluding hydrogens is 356 g/mol. The van der Waals surface area contributed by atoms with Gasteiger partial charge >= 0.3 is 0 Å². The largest absolute Gasteiger partial charge is 0.484 e. The van der Waals surface area contributed by atoms with E-state index >= 15 is 0 Å². The minimum atomic E-state index is -0.134. The average molecular weight is 382 g/mol. The number of amides is 2. The van der Waals surface area contributed by atoms with Gasteiger partial charge in [0.2, 0.25) is 0 Å². The summed E-state index contributed by atoms with van der Waals surface area (Å²) in [7, 11) is 0. The predicted molar refractivity (Wildman–Crippen MR) is 110 cm³/mol. The maximum absolute atomic E-state index is 11.4. The average Bonchev–Trinajstić information content (AvgIpc) is 2.71. The lowest BCUT2D eigenvalue weighted by atomic mass is 10.1. The van der Waals surface area contributed by atoms with Crippen molar-refractivity contribution in [1.29, 1.82) is 0 Å². The first-order valence-corrected chi connectivity index (χ1v) is 9.28. The number of rotatable bonds is 10. The summed E-state index contributed by atoms with van der Waals surface area (Å²) < 4.78 is 10.9. The maximum Gasteiger partial charge on any atom is 0.257 e. The van der Waals surface area contributed by atoms with Crippen LogP contribution in [0.4, 0.5) is 0 Å². The molecule has 2 amide bonds. The highest BCUT2D eigenvalue weighted by molar-refractivity contribution is 5.78. The first-order valence-electron chi connectivity index (χ1n) is 9.28. The lowest BCUT2D eigenvalue weighted by molar-refractivity contribution is -0.123. The van der Waals surface area contributed by atoms with E-state index in [-0.39, 0.29) is 25.0 Å². The van der Waals surface area contributed by atoms with Crippen LogP contribution in [-0.2, 0) is 9.59 Å². The third-order valence-electron chi connectivity index (χ3n) is 3.72. The molecule has 0 aromatic heterocycles. The number of hydrogen-bond donors (Lipinski definition) is 2. The summed E-state index contributed by atoms with van der Waals surface area (Å²) in [6.45, 7) is 4.94. The molecule has 0 saturated heterocycles. The standard InChI is InChI=1S/C22H26N2O4/c1-3-23-21(25)15-27-19-11-7-17(8-12-19)5-6-18-9-13-20(14-10-18)28-16-22(26)24-4-2/h5-14H,3-4,15-16H2,1-2H3,(H,23,25)(H,24,26)/b6-5+. The van der Waals surface area contributed by atoms with Gasteiger partial charge in [-0.3, -0.25) is 9.59 Å². The highest BCUT2D eigenvalue weighted by Gasteiger charge is 2.02. The van der Waals surface area contributed by atoms with Crippen molar-refractivity contribution in [2.24, 2.45) is 0 Å². The summed E-state index contributed by atoms with van der Waals surface area (Å²) in [5.74, 6) is 1.03. The van der Waals surface area contributed by atoms with Crippen molar-refractivity contribution in [1.82, 2.24) is 10.6 Å². The third kappa shape index (κ3) is 7.53. The minimum Gasteiger partial charge on any atom is -0.484 e. The highest BCUT2D eigenvalue weighted by atomic mass is 16.5. The molecule has 0 bridgehead atoms. The number of carbonyl (C=O) groups is 2. The van der Waals surface area contributed by atoms with Crippen LogP contribution in [0.2, 0.25) is 0 Å². The number of nitrogens with one attached hydrogen (secondary N) is 2. The Hall–Kier alpha value is -3.28. The molecule has 0 aliphatic rings. The normalized spacial score (nSPS) is 10.5. The van der Waals surface area contributed by atoms with E-state index in [1.807, 2.05) is 74.5 Å². The SMILES string of the molecule is CCNC(=O)COc1ccc(/C=C/c2ccc(OCC(=O)NCC)cc2)cc1. The van der Waals surface area contributed by atoms with Crippen LogP contribution in [0, 0.1) is 0 Å². The van der Waals surface area contributed by atoms with Crippen molar-refractivity contribution < 1.29 is 19.1 Å². The fourth-order valence-corrected chi connectivity index (χ4v) is 2.34. The molecule has 0 spiro atoms. The Balaban J connectivity index is 1.84. The van der Waals surface area contributed by atoms with E-state index < -0.39 is 0 Å². The van der Waals surface area contributed by atoms with Gasteiger partial charge in [0.25, 0.3) is 11.8 Å². The summed E-state index contributed by atoms with van der Waals surface area (Å²) in [6, 6.07) is 15.0. The van der Waals surface area contributed by atoms with Gasteiger partial charge < -0.3 is 20.1 Å². The maximum atomic E-state index is 11.4. The van der Waals surface area contributed by atoms with Crippen LogP contribution in [0.25, 0.3) is 12.2 Å². The molecular formula is C22H26N2O4. The first-order chi connectivity index (χ1) is 13.6. The van der Waals surface area contributed by atoms with E-state index in [2.05, 4.69) is 10.6 Å². The predicted octanol–water partition coefficient (Wildman–Crippen LogP) is 2.89. The van der Waals surface area contributed by atoms with E-state index in [4.69, 9.17) is 9.47 Å². The lowest BCUT2D eigenvalue weighted by Gasteiger charge is -2.06. The van der Waals surface area contributed by atoms with Gasteiger partial charge in [0.15, 0.2) is 13.2 Å². The smallest absolute Gasteiger partial charge is 0.257 e. The second-order valence-corrected chi connectivity index (χ2v) is 5.96. The molecule has 0 aliphatic carbocycles. The van der Waals surface area contributed by atoms with Gasteiger partial charge in [0, 0.05) is 13.1 Å². The quantitative estimate of drug-likeness (QED) is 0.620. The van der Waals surface area contributed by atoms with E-state index in [0.717, 1.165) is 11.1 Å². The number of benzene rings is 2. The van der Waals surface area contributed by atoms with Gasteiger partial charge in [-0.25, -0.2) is 0 Å². The Bertz CT molecular complexity index is 716. The Morgan fingerprint density at radius 3 is 1.39 bits per heavy atom. The zero-order valence-electron chi connectivity index (χ0n) is 16.2. The van der Waals surface area contributed by atoms with Crippen molar-refractivity contribution in [2.45, 2.75) is 13.8 Å². The summed E-state index contributed by atoms with van der Waals surface area (Å²) >= 11 is 0. The van der Waals surface area contributed by atoms with Crippen LogP contribution >= 0.6 is 0 Å². The molecule has 0 atom stereocenters. The molecule has 2 aromatic carbocycles. The van der Waals surface area contributed by atoms with Crippen molar-refractivity contribution in [3.63, 3.8) is 0 Å². The van der Waals surface area contributed by atoms with Crippen molar-refractivity contribution in [3.05, 3.63) is 59.7 Å². The van der Waals surface area contributed by atoms with Crippen LogP contribution in [-0.4, -0.2) is 38.1 Å². The summed E-state index contributed by atoms with van der Waals surface area (Å²) in [5, 5.41) is 5.37. The van der Waals surface area contributed by atoms with Crippen molar-refractivity contribution >= 4 is 24.0 Å². The molecule has 28 heavy (non-hydrogen) atoms. The second kappa shape index (κ2) is 11.4. The van der Waals surface area contributed by atoms with Gasteiger partial charge in [0.05, 0.1) is 0 Å². The minimum absolute atomic E-state index is 0.0115. The number of ether oxygens (including phenoxy) is 2. The van der Waals surface area contributed by atoms with Crippen molar-refractivity contribution in [3.8, 4) is 11.5 Å². The van der Waals surface area contributed by atoms with Crippen LogP contribution in [0.1, 0.15) is 25.0 Å². The summed E-state index contributed by atoms with van der Waals surface area (Å²) in [5.41, 5.74) is 2.03. The van der Waals surface area contributed by atoms with E-state index in [9.17, 15) is 9.59 Å². The molecule has 0 saturated carbocycles. The van der Waals surface area contributed by atoms with Gasteiger partial charge in [-0.1, -0.05) is 36.4 Å². The van der Waals surface area contributed by atoms with Crippen LogP contribution in [0.3, 0.4) is 0 Å². The van der Waals surface area contributed by atoms with Gasteiger partial charge in [-0.2, -0.15) is 0 Å². The van der Waals surface area contributed by atoms with E-state index in [0.29, 0.717) is 24.6 Å². The molecule has 6 nitrogen and oxygen atoms in total. The monoisotopic (exact) mass is 382 g/mol. The Kier molecular flexibility index (Phi) is 8.59. The summed E-state index contributed by atoms with van der Waals surface area (Å²) in [4.78, 5) is 22.8. The Morgan fingerprint density at radius 1 is 0.714 bits per heavy atom. The first kappa shape index (κ1) is 21.0. The van der Waals surface area contributed by atoms with Gasteiger partial charge in [-0.15, -0.1) is 0 Å². The molecule has 2 aromatic rings. The Morgan fingerprint density at radius 2 is 1.07 bits per heavy atom. The molecule has 2 rings (SSSR count). The van der Waals surface area contributed by atoms with Gasteiger partial charge in [-0.05, 0) is 49.2 Å². The molecule has 148 valence electrons. The number of hydrogen-bond acceptors (Lipinski definition) is 4. The second-order valence-electron chi connectivity index (χ2n) is 5.96. The third-order valence-corrected chi connectivity index (χ3v) is 3.72. The lowest BCUT2D eigenvalue weighted by Crippen LogP contribution is -2.28. The molecule has 0 heterocycles. The van der Waals surface area contributed by atoms with Gasteiger partial charge in [0.1, 0.15) is 11.5 Å². The zero-order chi connectivity index (χ0) is 20.2. The van der Waals surface area contributed by atoms with Crippen LogP contribution < -0.4 is 20.1 Å². The molecule has 2 N–H and O–H groups in total. The number of likely N-dealkylation sites (N-methyl/N-ethyl adjacent to an activating group) is 2. The highest BCUT2D eigenvalue weighted by Crippen LogP contribution is 2.16. The molecule has 0 aliphatic heterocycles. The topological polar surface area (TPSA) is 76.7 Å². The zero-order valence-corrected chi connectivity index (χ0v) is 16.2. The molecule has 0 unspecified atom stereocenters. The number of carbonyl (C=O) groups excluding carboxylic acids is 2. The van der Waals surface area contributed by atoms with Crippen molar-refractivity contribution in [2.75, 3.05) is 26.3 Å². The van der Waals surface area contributed by atoms with Crippen LogP contribution in [0.5, 0.6) is 11.5 Å². The fraction of sp³-hybridized carbons (Fsp3) is 0.273. The fourth-order valence-electron chi connectivity index (χ4n) is 2.34. The molecule has 6 heteroatoms. The van der Waals surface area contributed by atoms with E-state index in [1.54, 1.807) is 0 Å².